The molecule has 2 heterocycles. The van der Waals surface area contributed by atoms with Crippen molar-refractivity contribution in [3.8, 4) is 0 Å². The van der Waals surface area contributed by atoms with Crippen molar-refractivity contribution >= 4 is 5.82 Å². The van der Waals surface area contributed by atoms with Gasteiger partial charge in [-0.2, -0.15) is 5.10 Å². The minimum atomic E-state index is 0.878. The molecule has 0 atom stereocenters. The van der Waals surface area contributed by atoms with Crippen molar-refractivity contribution < 1.29 is 0 Å². The van der Waals surface area contributed by atoms with Crippen molar-refractivity contribution in [3.63, 3.8) is 0 Å². The van der Waals surface area contributed by atoms with E-state index in [1.165, 1.54) is 23.4 Å². The molecule has 2 aromatic heterocycles. The molecule has 0 saturated heterocycles. The van der Waals surface area contributed by atoms with Gasteiger partial charge < -0.3 is 5.32 Å². The largest absolute Gasteiger partial charge is 0.369 e. The number of fused-ring (bicyclic) bond motifs is 1. The van der Waals surface area contributed by atoms with Crippen LogP contribution in [0.5, 0.6) is 0 Å². The molecule has 1 aliphatic carbocycles. The van der Waals surface area contributed by atoms with Crippen LogP contribution in [0, 0.1) is 0 Å². The molecule has 5 heteroatoms. The summed E-state index contributed by atoms with van der Waals surface area (Å²) in [5.74, 6) is 1.01. The number of hydrogen-bond acceptors (Lipinski definition) is 4. The lowest BCUT2D eigenvalue weighted by Crippen LogP contribution is -2.11. The van der Waals surface area contributed by atoms with Crippen LogP contribution in [0.25, 0.3) is 0 Å². The average Bonchev–Trinajstić information content (AvgIpc) is 2.99. The molecule has 0 amide bonds. The Labute approximate surface area is 106 Å². The first-order chi connectivity index (χ1) is 8.84. The summed E-state index contributed by atoms with van der Waals surface area (Å²) < 4.78 is 1.91. The molecule has 0 aliphatic heterocycles. The van der Waals surface area contributed by atoms with E-state index in [-0.39, 0.29) is 0 Å². The molecule has 3 rings (SSSR count). The topological polar surface area (TPSA) is 55.6 Å². The van der Waals surface area contributed by atoms with Gasteiger partial charge in [-0.3, -0.25) is 4.68 Å². The van der Waals surface area contributed by atoms with Crippen LogP contribution in [-0.2, 0) is 26.3 Å². The van der Waals surface area contributed by atoms with Gasteiger partial charge in [-0.05, 0) is 25.3 Å². The molecule has 18 heavy (non-hydrogen) atoms. The smallest absolute Gasteiger partial charge is 0.132 e. The molecule has 5 nitrogen and oxygen atoms in total. The Hall–Kier alpha value is -1.91. The van der Waals surface area contributed by atoms with Crippen molar-refractivity contribution in [2.24, 2.45) is 7.05 Å². The first-order valence-corrected chi connectivity index (χ1v) is 6.38. The van der Waals surface area contributed by atoms with E-state index < -0.39 is 0 Å². The van der Waals surface area contributed by atoms with E-state index in [9.17, 15) is 0 Å². The summed E-state index contributed by atoms with van der Waals surface area (Å²) in [7, 11) is 1.97. The second-order valence-corrected chi connectivity index (χ2v) is 4.62. The number of nitrogens with zero attached hydrogens (tertiary/aromatic N) is 4. The lowest BCUT2D eigenvalue weighted by Gasteiger charge is -2.09. The second-order valence-electron chi connectivity index (χ2n) is 4.62. The number of aromatic nitrogens is 4. The van der Waals surface area contributed by atoms with Crippen LogP contribution in [-0.4, -0.2) is 26.3 Å². The number of anilines is 1. The first-order valence-electron chi connectivity index (χ1n) is 6.38. The number of rotatable bonds is 4. The van der Waals surface area contributed by atoms with Crippen LogP contribution >= 0.6 is 0 Å². The van der Waals surface area contributed by atoms with Gasteiger partial charge in [-0.15, -0.1) is 0 Å². The van der Waals surface area contributed by atoms with Gasteiger partial charge in [-0.25, -0.2) is 9.97 Å². The van der Waals surface area contributed by atoms with Gasteiger partial charge in [0.05, 0.1) is 0 Å². The Morgan fingerprint density at radius 2 is 2.28 bits per heavy atom. The van der Waals surface area contributed by atoms with E-state index in [2.05, 4.69) is 20.4 Å². The molecule has 0 fully saturated rings. The maximum Gasteiger partial charge on any atom is 0.132 e. The fourth-order valence-corrected chi connectivity index (χ4v) is 2.47. The standard InChI is InChI=1S/C13H17N5/c1-18-10(6-8-17-18)5-7-14-13-11-3-2-4-12(11)15-9-16-13/h6,8-9H,2-5,7H2,1H3,(H,14,15,16). The Balaban J connectivity index is 1.64. The van der Waals surface area contributed by atoms with Crippen LogP contribution in [0.15, 0.2) is 18.6 Å². The van der Waals surface area contributed by atoms with Crippen molar-refractivity contribution in [1.82, 2.24) is 19.7 Å². The third-order valence-electron chi connectivity index (χ3n) is 3.47. The summed E-state index contributed by atoms with van der Waals surface area (Å²) in [5.41, 5.74) is 3.75. The average molecular weight is 243 g/mol. The second kappa shape index (κ2) is 4.76. The highest BCUT2D eigenvalue weighted by atomic mass is 15.3. The summed E-state index contributed by atoms with van der Waals surface area (Å²) in [5, 5.41) is 7.58. The van der Waals surface area contributed by atoms with Crippen molar-refractivity contribution in [2.75, 3.05) is 11.9 Å². The first kappa shape index (κ1) is 11.2. The molecule has 94 valence electrons. The fourth-order valence-electron chi connectivity index (χ4n) is 2.47. The lowest BCUT2D eigenvalue weighted by molar-refractivity contribution is 0.710. The van der Waals surface area contributed by atoms with Crippen LogP contribution in [0.3, 0.4) is 0 Å². The summed E-state index contributed by atoms with van der Waals surface area (Å²) in [6, 6.07) is 2.05. The molecule has 0 radical (unpaired) electrons. The van der Waals surface area contributed by atoms with Crippen molar-refractivity contribution in [3.05, 3.63) is 35.5 Å². The highest BCUT2D eigenvalue weighted by Gasteiger charge is 2.16. The van der Waals surface area contributed by atoms with Gasteiger partial charge in [-0.1, -0.05) is 0 Å². The van der Waals surface area contributed by atoms with Gasteiger partial charge in [0.2, 0.25) is 0 Å². The van der Waals surface area contributed by atoms with E-state index in [0.29, 0.717) is 0 Å². The zero-order valence-corrected chi connectivity index (χ0v) is 10.6. The Morgan fingerprint density at radius 1 is 1.33 bits per heavy atom. The number of nitrogens with one attached hydrogen (secondary N) is 1. The molecule has 1 aliphatic rings. The molecule has 0 aromatic carbocycles. The van der Waals surface area contributed by atoms with Gasteiger partial charge in [0.25, 0.3) is 0 Å². The Morgan fingerprint density at radius 3 is 3.11 bits per heavy atom. The third-order valence-corrected chi connectivity index (χ3v) is 3.47. The van der Waals surface area contributed by atoms with Gasteiger partial charge in [0.1, 0.15) is 12.1 Å². The maximum absolute atomic E-state index is 4.35. The molecular formula is C13H17N5. The lowest BCUT2D eigenvalue weighted by atomic mass is 10.2. The maximum atomic E-state index is 4.35. The number of aryl methyl sites for hydroxylation is 2. The Kier molecular flexibility index (Phi) is 2.96. The highest BCUT2D eigenvalue weighted by Crippen LogP contribution is 2.24. The van der Waals surface area contributed by atoms with Gasteiger partial charge in [0, 0.05) is 43.2 Å². The molecule has 0 unspecified atom stereocenters. The van der Waals surface area contributed by atoms with E-state index in [0.717, 1.165) is 31.6 Å². The predicted molar refractivity (Wildman–Crippen MR) is 69.5 cm³/mol. The van der Waals surface area contributed by atoms with Gasteiger partial charge >= 0.3 is 0 Å². The molecule has 0 bridgehead atoms. The normalized spacial score (nSPS) is 13.6. The molecule has 0 saturated carbocycles. The molecular weight excluding hydrogens is 226 g/mol. The van der Waals surface area contributed by atoms with Crippen molar-refractivity contribution in [2.45, 2.75) is 25.7 Å². The zero-order valence-electron chi connectivity index (χ0n) is 10.6. The van der Waals surface area contributed by atoms with Gasteiger partial charge in [0.15, 0.2) is 0 Å². The fraction of sp³-hybridized carbons (Fsp3) is 0.462. The third kappa shape index (κ3) is 2.08. The van der Waals surface area contributed by atoms with Crippen LogP contribution in [0.4, 0.5) is 5.82 Å². The highest BCUT2D eigenvalue weighted by molar-refractivity contribution is 5.47. The summed E-state index contributed by atoms with van der Waals surface area (Å²) >= 11 is 0. The molecule has 0 spiro atoms. The van der Waals surface area contributed by atoms with E-state index in [4.69, 9.17) is 0 Å². The summed E-state index contributed by atoms with van der Waals surface area (Å²) in [4.78, 5) is 8.67. The van der Waals surface area contributed by atoms with E-state index in [1.807, 2.05) is 24.0 Å². The summed E-state index contributed by atoms with van der Waals surface area (Å²) in [6.07, 6.45) is 7.84. The zero-order chi connectivity index (χ0) is 12.4. The van der Waals surface area contributed by atoms with E-state index in [1.54, 1.807) is 6.33 Å². The number of hydrogen-bond donors (Lipinski definition) is 1. The minimum absolute atomic E-state index is 0.878. The van der Waals surface area contributed by atoms with E-state index >= 15 is 0 Å². The minimum Gasteiger partial charge on any atom is -0.369 e. The predicted octanol–water partition coefficient (Wildman–Crippen LogP) is 1.35. The SMILES string of the molecule is Cn1nccc1CCNc1ncnc2c1CCC2. The monoisotopic (exact) mass is 243 g/mol. The summed E-state index contributed by atoms with van der Waals surface area (Å²) in [6.45, 7) is 0.878. The van der Waals surface area contributed by atoms with Crippen molar-refractivity contribution in [1.29, 1.82) is 0 Å². The molecule has 2 aromatic rings. The molecule has 1 N–H and O–H groups in total. The Bertz CT molecular complexity index is 546. The van der Waals surface area contributed by atoms with Crippen LogP contribution in [0.2, 0.25) is 0 Å². The quantitative estimate of drug-likeness (QED) is 0.880. The van der Waals surface area contributed by atoms with Crippen LogP contribution in [0.1, 0.15) is 23.4 Å². The van der Waals surface area contributed by atoms with Crippen LogP contribution < -0.4 is 5.32 Å².